The number of amides is 1. The number of aromatic amines is 1. The summed E-state index contributed by atoms with van der Waals surface area (Å²) in [5.74, 6) is 0.194. The smallest absolute Gasteiger partial charge is 0.343 e. The molecule has 2 N–H and O–H groups in total. The third kappa shape index (κ3) is 2.99. The Kier molecular flexibility index (Phi) is 4.18. The lowest BCUT2D eigenvalue weighted by Gasteiger charge is -2.32. The van der Waals surface area contributed by atoms with Gasteiger partial charge < -0.3 is 10.0 Å². The van der Waals surface area contributed by atoms with E-state index in [9.17, 15) is 14.7 Å². The maximum absolute atomic E-state index is 12.6. The number of nitrogens with one attached hydrogen (secondary N) is 1. The molecule has 7 nitrogen and oxygen atoms in total. The fourth-order valence-corrected chi connectivity index (χ4v) is 3.05. The second-order valence-corrected chi connectivity index (χ2v) is 5.79. The minimum Gasteiger partial charge on any atom is -0.508 e. The first kappa shape index (κ1) is 15.3. The predicted octanol–water partition coefficient (Wildman–Crippen LogP) is 1.32. The quantitative estimate of drug-likeness (QED) is 0.893. The van der Waals surface area contributed by atoms with Crippen molar-refractivity contribution in [1.82, 2.24) is 19.7 Å². The maximum atomic E-state index is 12.6. The number of aryl methyl sites for hydroxylation is 1. The Hall–Kier alpha value is -2.57. The second-order valence-electron chi connectivity index (χ2n) is 5.79. The molecule has 0 radical (unpaired) electrons. The van der Waals surface area contributed by atoms with Crippen molar-refractivity contribution in [3.63, 3.8) is 0 Å². The van der Waals surface area contributed by atoms with Crippen LogP contribution in [0.3, 0.4) is 0 Å². The maximum Gasteiger partial charge on any atom is 0.343 e. The molecule has 1 aromatic carbocycles. The number of aromatic hydroxyl groups is 1. The van der Waals surface area contributed by atoms with E-state index in [4.69, 9.17) is 0 Å². The number of carbonyl (C=O) groups is 1. The molecular weight excluding hydrogens is 296 g/mol. The molecule has 2 aromatic rings. The molecule has 0 unspecified atom stereocenters. The Morgan fingerprint density at radius 2 is 2.13 bits per heavy atom. The van der Waals surface area contributed by atoms with Crippen LogP contribution in [0.5, 0.6) is 5.75 Å². The Labute approximate surface area is 133 Å². The van der Waals surface area contributed by atoms with Gasteiger partial charge in [-0.25, -0.2) is 9.89 Å². The summed E-state index contributed by atoms with van der Waals surface area (Å²) in [5, 5.41) is 15.9. The third-order valence-corrected chi connectivity index (χ3v) is 4.43. The number of benzene rings is 1. The number of carbonyl (C=O) groups excluding carboxylic acids is 1. The summed E-state index contributed by atoms with van der Waals surface area (Å²) in [6, 6.07) is 5.06. The van der Waals surface area contributed by atoms with E-state index >= 15 is 0 Å². The van der Waals surface area contributed by atoms with Crippen molar-refractivity contribution in [2.45, 2.75) is 32.2 Å². The molecule has 1 aliphatic rings. The average Bonchev–Trinajstić information content (AvgIpc) is 3.01. The highest BCUT2D eigenvalue weighted by atomic mass is 16.3. The van der Waals surface area contributed by atoms with E-state index < -0.39 is 0 Å². The number of hydrogen-bond donors (Lipinski definition) is 2. The number of phenolic OH excluding ortho intramolecular Hbond substituents is 1. The minimum absolute atomic E-state index is 0.0299. The molecule has 3 rings (SSSR count). The zero-order valence-corrected chi connectivity index (χ0v) is 13.0. The van der Waals surface area contributed by atoms with Gasteiger partial charge in [-0.15, -0.1) is 0 Å². The monoisotopic (exact) mass is 316 g/mol. The van der Waals surface area contributed by atoms with Crippen molar-refractivity contribution < 1.29 is 9.90 Å². The predicted molar refractivity (Wildman–Crippen MR) is 84.5 cm³/mol. The molecule has 7 heteroatoms. The van der Waals surface area contributed by atoms with Gasteiger partial charge in [0.2, 0.25) is 0 Å². The van der Waals surface area contributed by atoms with Gasteiger partial charge >= 0.3 is 5.69 Å². The van der Waals surface area contributed by atoms with Crippen molar-refractivity contribution >= 4 is 5.91 Å². The van der Waals surface area contributed by atoms with Crippen LogP contribution >= 0.6 is 0 Å². The lowest BCUT2D eigenvalue weighted by molar-refractivity contribution is 0.0693. The number of likely N-dealkylation sites (tertiary alicyclic amines) is 1. The minimum atomic E-state index is -0.208. The highest BCUT2D eigenvalue weighted by Crippen LogP contribution is 2.24. The summed E-state index contributed by atoms with van der Waals surface area (Å²) in [6.45, 7) is 3.14. The van der Waals surface area contributed by atoms with E-state index in [1.165, 1.54) is 6.33 Å². The normalized spacial score (nSPS) is 15.8. The van der Waals surface area contributed by atoms with Crippen LogP contribution in [0.25, 0.3) is 0 Å². The van der Waals surface area contributed by atoms with Crippen LogP contribution in [0, 0.1) is 0 Å². The number of phenols is 1. The van der Waals surface area contributed by atoms with Crippen molar-refractivity contribution in [3.05, 3.63) is 46.1 Å². The molecule has 122 valence electrons. The largest absolute Gasteiger partial charge is 0.508 e. The molecule has 0 spiro atoms. The van der Waals surface area contributed by atoms with Crippen LogP contribution in [0.4, 0.5) is 0 Å². The van der Waals surface area contributed by atoms with Gasteiger partial charge in [-0.1, -0.05) is 6.92 Å². The number of H-pyrrole nitrogens is 1. The third-order valence-electron chi connectivity index (χ3n) is 4.43. The van der Waals surface area contributed by atoms with Gasteiger partial charge in [0.05, 0.1) is 0 Å². The van der Waals surface area contributed by atoms with E-state index in [2.05, 4.69) is 10.2 Å². The van der Waals surface area contributed by atoms with Gasteiger partial charge in [-0.2, -0.15) is 5.10 Å². The topological polar surface area (TPSA) is 91.2 Å². The standard InChI is InChI=1S/C16H20N4O3/c1-2-11-9-12(3-4-14(11)21)15(22)19-7-5-13(6-8-19)20-10-17-18-16(20)23/h3-4,9-10,13,21H,2,5-8H2,1H3,(H,18,23). The van der Waals surface area contributed by atoms with Gasteiger partial charge in [0, 0.05) is 24.7 Å². The van der Waals surface area contributed by atoms with Crippen molar-refractivity contribution in [2.24, 2.45) is 0 Å². The van der Waals surface area contributed by atoms with Gasteiger partial charge in [0.15, 0.2) is 0 Å². The van der Waals surface area contributed by atoms with Gasteiger partial charge in [-0.3, -0.25) is 9.36 Å². The zero-order chi connectivity index (χ0) is 16.4. The molecular formula is C16H20N4O3. The highest BCUT2D eigenvalue weighted by molar-refractivity contribution is 5.94. The zero-order valence-electron chi connectivity index (χ0n) is 13.0. The van der Waals surface area contributed by atoms with E-state index in [0.717, 1.165) is 18.4 Å². The van der Waals surface area contributed by atoms with Crippen LogP contribution in [0.15, 0.2) is 29.3 Å². The molecule has 1 aromatic heterocycles. The highest BCUT2D eigenvalue weighted by Gasteiger charge is 2.25. The summed E-state index contributed by atoms with van der Waals surface area (Å²) in [5.41, 5.74) is 1.16. The number of hydrogen-bond acceptors (Lipinski definition) is 4. The summed E-state index contributed by atoms with van der Waals surface area (Å²) in [6.07, 6.45) is 3.64. The van der Waals surface area contributed by atoms with Crippen LogP contribution in [0.2, 0.25) is 0 Å². The molecule has 1 saturated heterocycles. The first-order valence-electron chi connectivity index (χ1n) is 7.82. The van der Waals surface area contributed by atoms with Crippen LogP contribution in [-0.4, -0.2) is 43.8 Å². The number of rotatable bonds is 3. The summed E-state index contributed by atoms with van der Waals surface area (Å²) < 4.78 is 1.59. The van der Waals surface area contributed by atoms with Crippen molar-refractivity contribution in [2.75, 3.05) is 13.1 Å². The number of piperidine rings is 1. The Morgan fingerprint density at radius 3 is 2.74 bits per heavy atom. The summed E-state index contributed by atoms with van der Waals surface area (Å²) in [4.78, 5) is 26.0. The lowest BCUT2D eigenvalue weighted by atomic mass is 10.0. The first-order chi connectivity index (χ1) is 11.1. The van der Waals surface area contributed by atoms with Crippen LogP contribution < -0.4 is 5.69 Å². The summed E-state index contributed by atoms with van der Waals surface area (Å²) in [7, 11) is 0. The molecule has 1 amide bonds. The Bertz CT molecular complexity index is 757. The Balaban J connectivity index is 1.69. The molecule has 1 aliphatic heterocycles. The SMILES string of the molecule is CCc1cc(C(=O)N2CCC(n3cn[nH]c3=O)CC2)ccc1O. The van der Waals surface area contributed by atoms with E-state index in [-0.39, 0.29) is 23.4 Å². The van der Waals surface area contributed by atoms with E-state index in [1.54, 1.807) is 27.7 Å². The first-order valence-corrected chi connectivity index (χ1v) is 7.82. The van der Waals surface area contributed by atoms with Gasteiger partial charge in [0.25, 0.3) is 5.91 Å². The van der Waals surface area contributed by atoms with Gasteiger partial charge in [0.1, 0.15) is 12.1 Å². The molecule has 0 saturated carbocycles. The molecule has 0 atom stereocenters. The number of aromatic nitrogens is 3. The molecule has 23 heavy (non-hydrogen) atoms. The molecule has 1 fully saturated rings. The fourth-order valence-electron chi connectivity index (χ4n) is 3.05. The summed E-state index contributed by atoms with van der Waals surface area (Å²) >= 11 is 0. The van der Waals surface area contributed by atoms with Crippen LogP contribution in [-0.2, 0) is 6.42 Å². The average molecular weight is 316 g/mol. The lowest BCUT2D eigenvalue weighted by Crippen LogP contribution is -2.40. The van der Waals surface area contributed by atoms with Gasteiger partial charge in [-0.05, 0) is 43.0 Å². The van der Waals surface area contributed by atoms with Crippen LogP contribution in [0.1, 0.15) is 41.7 Å². The molecule has 0 bridgehead atoms. The molecule has 2 heterocycles. The van der Waals surface area contributed by atoms with Crippen molar-refractivity contribution in [3.8, 4) is 5.75 Å². The number of nitrogens with zero attached hydrogens (tertiary/aromatic N) is 3. The second kappa shape index (κ2) is 6.28. The molecule has 0 aliphatic carbocycles. The Morgan fingerprint density at radius 1 is 1.39 bits per heavy atom. The van der Waals surface area contributed by atoms with Crippen molar-refractivity contribution in [1.29, 1.82) is 0 Å². The van der Waals surface area contributed by atoms with E-state index in [1.807, 2.05) is 6.92 Å². The fraction of sp³-hybridized carbons (Fsp3) is 0.438. The van der Waals surface area contributed by atoms with E-state index in [0.29, 0.717) is 25.1 Å².